The van der Waals surface area contributed by atoms with Gasteiger partial charge in [-0.2, -0.15) is 18.3 Å². The van der Waals surface area contributed by atoms with Crippen LogP contribution in [0.5, 0.6) is 0 Å². The molecule has 3 aromatic rings. The van der Waals surface area contributed by atoms with E-state index in [2.05, 4.69) is 18.1 Å². The minimum absolute atomic E-state index is 0.0223. The molecule has 2 N–H and O–H groups in total. The molecule has 2 aromatic carbocycles. The molecule has 0 radical (unpaired) electrons. The van der Waals surface area contributed by atoms with Crippen molar-refractivity contribution in [1.82, 2.24) is 9.78 Å². The Kier molecular flexibility index (Phi) is 11.6. The largest absolute Gasteiger partial charge is 0.416 e. The number of nitro groups is 1. The van der Waals surface area contributed by atoms with Crippen molar-refractivity contribution < 1.29 is 27.6 Å². The number of aromatic nitrogens is 2. The molecule has 1 unspecified atom stereocenters. The van der Waals surface area contributed by atoms with Gasteiger partial charge in [0.15, 0.2) is 0 Å². The topological polar surface area (TPSA) is 117 Å². The highest BCUT2D eigenvalue weighted by molar-refractivity contribution is 6.38. The summed E-state index contributed by atoms with van der Waals surface area (Å²) >= 11 is 17.3. The molecule has 9 nitrogen and oxygen atoms in total. The van der Waals surface area contributed by atoms with Gasteiger partial charge in [-0.05, 0) is 43.5 Å². The molecule has 1 aromatic heterocycles. The number of carbonyl (C=O) groups is 1. The lowest BCUT2D eigenvalue weighted by atomic mass is 10.0. The second-order valence-corrected chi connectivity index (χ2v) is 9.59. The zero-order valence-electron chi connectivity index (χ0n) is 21.9. The second-order valence-electron chi connectivity index (χ2n) is 8.51. The Hall–Kier alpha value is -3.06. The number of nitrogens with zero attached hydrogens (tertiary/aromatic N) is 4. The Labute approximate surface area is 243 Å². The SMILES string of the molecule is CCc1cccc(C)c1N(C(=O)CCl)C(C)COC.Nc1c([N+](=O)[O-])cnn1-c1c(Cl)cc(C(F)(F)F)cc1Cl. The Bertz CT molecular complexity index is 1340. The van der Waals surface area contributed by atoms with Crippen molar-refractivity contribution in [1.29, 1.82) is 0 Å². The number of nitrogens with two attached hydrogens (primary N) is 1. The summed E-state index contributed by atoms with van der Waals surface area (Å²) in [5.74, 6) is -0.510. The van der Waals surface area contributed by atoms with Gasteiger partial charge in [-0.3, -0.25) is 14.9 Å². The van der Waals surface area contributed by atoms with E-state index in [1.807, 2.05) is 26.0 Å². The van der Waals surface area contributed by atoms with Crippen molar-refractivity contribution in [2.45, 2.75) is 39.4 Å². The Balaban J connectivity index is 0.000000282. The zero-order chi connectivity index (χ0) is 30.4. The molecule has 1 heterocycles. The normalized spacial score (nSPS) is 11.9. The fraction of sp³-hybridized carbons (Fsp3) is 0.360. The standard InChI is InChI=1S/C15H22ClNO2.C10H5Cl2F3N4O2/c1-5-13-8-6-7-11(2)15(13)17(14(18)9-16)12(3)10-19-4;11-5-1-4(10(13,14)15)2-6(12)8(5)18-9(16)7(3-17-18)19(20)21/h6-8,12H,5,9-10H2,1-4H3;1-3H,16H2. The second kappa shape index (κ2) is 14.0. The fourth-order valence-electron chi connectivity index (χ4n) is 3.92. The molecule has 0 aliphatic carbocycles. The van der Waals surface area contributed by atoms with E-state index in [9.17, 15) is 28.1 Å². The van der Waals surface area contributed by atoms with E-state index < -0.39 is 28.2 Å². The number of alkyl halides is 4. The maximum absolute atomic E-state index is 12.6. The number of halogens is 6. The number of amides is 1. The van der Waals surface area contributed by atoms with Gasteiger partial charge in [-0.15, -0.1) is 11.6 Å². The maximum Gasteiger partial charge on any atom is 0.416 e. The van der Waals surface area contributed by atoms with Crippen LogP contribution in [0.25, 0.3) is 5.69 Å². The third-order valence-electron chi connectivity index (χ3n) is 5.71. The number of ether oxygens (including phenoxy) is 1. The predicted molar refractivity (Wildman–Crippen MR) is 150 cm³/mol. The number of hydrogen-bond acceptors (Lipinski definition) is 6. The van der Waals surface area contributed by atoms with E-state index in [4.69, 9.17) is 45.3 Å². The van der Waals surface area contributed by atoms with Crippen molar-refractivity contribution in [2.24, 2.45) is 0 Å². The lowest BCUT2D eigenvalue weighted by Crippen LogP contribution is -2.43. The number of anilines is 2. The zero-order valence-corrected chi connectivity index (χ0v) is 24.2. The highest BCUT2D eigenvalue weighted by Crippen LogP contribution is 2.39. The first-order valence-electron chi connectivity index (χ1n) is 11.7. The summed E-state index contributed by atoms with van der Waals surface area (Å²) in [5, 5.41) is 13.5. The van der Waals surface area contributed by atoms with Gasteiger partial charge in [0, 0.05) is 7.11 Å². The molecule has 0 saturated heterocycles. The van der Waals surface area contributed by atoms with Gasteiger partial charge < -0.3 is 15.4 Å². The number of rotatable bonds is 8. The van der Waals surface area contributed by atoms with Crippen LogP contribution in [0.2, 0.25) is 10.0 Å². The van der Waals surface area contributed by atoms with Crippen LogP contribution in [-0.4, -0.2) is 46.2 Å². The molecule has 1 atom stereocenters. The highest BCUT2D eigenvalue weighted by atomic mass is 35.5. The van der Waals surface area contributed by atoms with E-state index in [1.54, 1.807) is 12.0 Å². The smallest absolute Gasteiger partial charge is 0.383 e. The van der Waals surface area contributed by atoms with Crippen molar-refractivity contribution in [3.63, 3.8) is 0 Å². The van der Waals surface area contributed by atoms with Crippen molar-refractivity contribution in [2.75, 3.05) is 30.2 Å². The van der Waals surface area contributed by atoms with Crippen LogP contribution in [0.15, 0.2) is 36.5 Å². The van der Waals surface area contributed by atoms with Gasteiger partial charge in [0.1, 0.15) is 17.8 Å². The molecule has 1 amide bonds. The first kappa shape index (κ1) is 33.1. The van der Waals surface area contributed by atoms with Crippen LogP contribution < -0.4 is 10.6 Å². The number of benzene rings is 2. The number of hydrogen-bond donors (Lipinski definition) is 1. The summed E-state index contributed by atoms with van der Waals surface area (Å²) in [4.78, 5) is 23.8. The van der Waals surface area contributed by atoms with Crippen molar-refractivity contribution in [3.05, 3.63) is 73.4 Å². The van der Waals surface area contributed by atoms with Gasteiger partial charge in [0.05, 0.1) is 38.9 Å². The molecule has 0 spiro atoms. The van der Waals surface area contributed by atoms with Crippen LogP contribution in [0.1, 0.15) is 30.5 Å². The monoisotopic (exact) mass is 623 g/mol. The summed E-state index contributed by atoms with van der Waals surface area (Å²) < 4.78 is 43.8. The van der Waals surface area contributed by atoms with E-state index in [0.717, 1.165) is 34.1 Å². The van der Waals surface area contributed by atoms with E-state index in [0.29, 0.717) is 18.7 Å². The Morgan fingerprint density at radius 3 is 2.33 bits per heavy atom. The molecule has 218 valence electrons. The van der Waals surface area contributed by atoms with Crippen LogP contribution >= 0.6 is 34.8 Å². The highest BCUT2D eigenvalue weighted by Gasteiger charge is 2.33. The molecule has 0 saturated carbocycles. The third-order valence-corrected chi connectivity index (χ3v) is 6.52. The van der Waals surface area contributed by atoms with E-state index in [1.165, 1.54) is 0 Å². The van der Waals surface area contributed by atoms with Crippen LogP contribution in [0.4, 0.5) is 30.4 Å². The summed E-state index contributed by atoms with van der Waals surface area (Å²) in [6.07, 6.45) is -2.91. The lowest BCUT2D eigenvalue weighted by Gasteiger charge is -2.31. The van der Waals surface area contributed by atoms with Crippen molar-refractivity contribution >= 4 is 57.9 Å². The molecule has 0 bridgehead atoms. The maximum atomic E-state index is 12.6. The Morgan fingerprint density at radius 1 is 1.27 bits per heavy atom. The number of para-hydroxylation sites is 1. The molecule has 40 heavy (non-hydrogen) atoms. The van der Waals surface area contributed by atoms with Crippen LogP contribution in [-0.2, 0) is 22.1 Å². The summed E-state index contributed by atoms with van der Waals surface area (Å²) in [7, 11) is 1.64. The van der Waals surface area contributed by atoms with Crippen LogP contribution in [0.3, 0.4) is 0 Å². The predicted octanol–water partition coefficient (Wildman–Crippen LogP) is 6.85. The van der Waals surface area contributed by atoms with Gasteiger partial charge in [0.25, 0.3) is 0 Å². The van der Waals surface area contributed by atoms with E-state index in [-0.39, 0.29) is 33.6 Å². The minimum atomic E-state index is -4.63. The molecule has 3 rings (SSSR count). The molecule has 0 aliphatic rings. The third kappa shape index (κ3) is 7.57. The summed E-state index contributed by atoms with van der Waals surface area (Å²) in [6, 6.07) is 7.31. The molecule has 0 aliphatic heterocycles. The van der Waals surface area contributed by atoms with Gasteiger partial charge in [-0.25, -0.2) is 4.68 Å². The number of methoxy groups -OCH3 is 1. The average Bonchev–Trinajstić information content (AvgIpc) is 3.25. The first-order chi connectivity index (χ1) is 18.7. The van der Waals surface area contributed by atoms with Gasteiger partial charge in [-0.1, -0.05) is 48.3 Å². The molecular formula is C25H27Cl3F3N5O4. The van der Waals surface area contributed by atoms with Crippen LogP contribution in [0, 0.1) is 17.0 Å². The van der Waals surface area contributed by atoms with E-state index >= 15 is 0 Å². The number of aryl methyl sites for hydroxylation is 2. The first-order valence-corrected chi connectivity index (χ1v) is 13.0. The van der Waals surface area contributed by atoms with Crippen molar-refractivity contribution in [3.8, 4) is 5.69 Å². The minimum Gasteiger partial charge on any atom is -0.383 e. The number of nitrogen functional groups attached to an aromatic ring is 1. The van der Waals surface area contributed by atoms with Gasteiger partial charge >= 0.3 is 11.9 Å². The lowest BCUT2D eigenvalue weighted by molar-refractivity contribution is -0.383. The fourth-order valence-corrected chi connectivity index (χ4v) is 4.70. The number of carbonyl (C=O) groups excluding carboxylic acids is 1. The molecular weight excluding hydrogens is 598 g/mol. The summed E-state index contributed by atoms with van der Waals surface area (Å²) in [5.41, 5.74) is 6.99. The summed E-state index contributed by atoms with van der Waals surface area (Å²) in [6.45, 7) is 6.56. The molecule has 15 heteroatoms. The molecule has 0 fully saturated rings. The van der Waals surface area contributed by atoms with Gasteiger partial charge in [0.2, 0.25) is 11.7 Å². The average molecular weight is 625 g/mol. The quantitative estimate of drug-likeness (QED) is 0.166. The Morgan fingerprint density at radius 2 is 1.88 bits per heavy atom.